The van der Waals surface area contributed by atoms with Gasteiger partial charge < -0.3 is 0 Å². The molecular weight excluding hydrogens is 216 g/mol. The molecule has 18 heavy (non-hydrogen) atoms. The standard InChI is InChI=1S/C18H32/c1-5-8-9-10-11-12-13-14-15-17-18(4,7-3)16-6-2/h5-6,14-15H,1-2,7-13,16-17H2,3-4H3. The molecule has 0 nitrogen and oxygen atoms in total. The molecule has 1 unspecified atom stereocenters. The SMILES string of the molecule is C=CCCCCCCC=CCC(C)(CC)CC=C. The lowest BCUT2D eigenvalue weighted by atomic mass is 9.81. The van der Waals surface area contributed by atoms with Crippen LogP contribution < -0.4 is 0 Å². The van der Waals surface area contributed by atoms with E-state index in [9.17, 15) is 0 Å². The first-order valence-electron chi connectivity index (χ1n) is 7.55. The molecule has 0 spiro atoms. The van der Waals surface area contributed by atoms with Crippen LogP contribution in [0.2, 0.25) is 0 Å². The smallest absolute Gasteiger partial charge is 0.0260 e. The van der Waals surface area contributed by atoms with Crippen molar-refractivity contribution in [2.75, 3.05) is 0 Å². The summed E-state index contributed by atoms with van der Waals surface area (Å²) in [6, 6.07) is 0. The highest BCUT2D eigenvalue weighted by molar-refractivity contribution is 4.91. The Labute approximate surface area is 115 Å². The fourth-order valence-corrected chi connectivity index (χ4v) is 2.11. The zero-order valence-corrected chi connectivity index (χ0v) is 12.6. The summed E-state index contributed by atoms with van der Waals surface area (Å²) in [5.74, 6) is 0. The first kappa shape index (κ1) is 17.2. The summed E-state index contributed by atoms with van der Waals surface area (Å²) in [5, 5.41) is 0. The van der Waals surface area contributed by atoms with Gasteiger partial charge in [0.2, 0.25) is 0 Å². The highest BCUT2D eigenvalue weighted by atomic mass is 14.2. The largest absolute Gasteiger partial charge is 0.103 e. The Balaban J connectivity index is 3.57. The van der Waals surface area contributed by atoms with Gasteiger partial charge in [-0.15, -0.1) is 13.2 Å². The van der Waals surface area contributed by atoms with E-state index >= 15 is 0 Å². The molecule has 1 atom stereocenters. The zero-order chi connectivity index (χ0) is 13.7. The van der Waals surface area contributed by atoms with Gasteiger partial charge in [0.25, 0.3) is 0 Å². The summed E-state index contributed by atoms with van der Waals surface area (Å²) in [7, 11) is 0. The second kappa shape index (κ2) is 11.3. The van der Waals surface area contributed by atoms with Crippen molar-refractivity contribution in [2.24, 2.45) is 5.41 Å². The van der Waals surface area contributed by atoms with E-state index in [4.69, 9.17) is 0 Å². The van der Waals surface area contributed by atoms with Crippen LogP contribution in [0.3, 0.4) is 0 Å². The van der Waals surface area contributed by atoms with Crippen LogP contribution in [-0.2, 0) is 0 Å². The molecule has 0 heterocycles. The van der Waals surface area contributed by atoms with Gasteiger partial charge in [-0.1, -0.05) is 57.4 Å². The van der Waals surface area contributed by atoms with Crippen molar-refractivity contribution in [3.05, 3.63) is 37.5 Å². The van der Waals surface area contributed by atoms with Crippen molar-refractivity contribution in [3.8, 4) is 0 Å². The van der Waals surface area contributed by atoms with Gasteiger partial charge in [0.1, 0.15) is 0 Å². The summed E-state index contributed by atoms with van der Waals surface area (Å²) in [6.07, 6.45) is 20.1. The number of rotatable bonds is 12. The van der Waals surface area contributed by atoms with Crippen LogP contribution in [0.4, 0.5) is 0 Å². The molecule has 0 rings (SSSR count). The maximum atomic E-state index is 3.86. The molecule has 0 N–H and O–H groups in total. The lowest BCUT2D eigenvalue weighted by molar-refractivity contribution is 0.319. The van der Waals surface area contributed by atoms with Gasteiger partial charge in [-0.05, 0) is 43.9 Å². The summed E-state index contributed by atoms with van der Waals surface area (Å²) < 4.78 is 0. The highest BCUT2D eigenvalue weighted by Gasteiger charge is 2.17. The van der Waals surface area contributed by atoms with Crippen molar-refractivity contribution in [1.29, 1.82) is 0 Å². The van der Waals surface area contributed by atoms with E-state index in [0.717, 1.165) is 6.42 Å². The van der Waals surface area contributed by atoms with Crippen LogP contribution in [0.25, 0.3) is 0 Å². The van der Waals surface area contributed by atoms with E-state index in [0.29, 0.717) is 5.41 Å². The first-order chi connectivity index (χ1) is 8.68. The summed E-state index contributed by atoms with van der Waals surface area (Å²) in [5.41, 5.74) is 0.419. The quantitative estimate of drug-likeness (QED) is 0.275. The van der Waals surface area contributed by atoms with Crippen molar-refractivity contribution in [3.63, 3.8) is 0 Å². The van der Waals surface area contributed by atoms with Crippen LogP contribution >= 0.6 is 0 Å². The predicted molar refractivity (Wildman–Crippen MR) is 84.9 cm³/mol. The molecule has 0 aliphatic carbocycles. The average molecular weight is 248 g/mol. The van der Waals surface area contributed by atoms with Gasteiger partial charge in [-0.2, -0.15) is 0 Å². The molecule has 0 bridgehead atoms. The Bertz CT molecular complexity index is 236. The topological polar surface area (TPSA) is 0 Å². The van der Waals surface area contributed by atoms with E-state index < -0.39 is 0 Å². The Kier molecular flexibility index (Phi) is 10.8. The first-order valence-corrected chi connectivity index (χ1v) is 7.55. The van der Waals surface area contributed by atoms with E-state index in [1.807, 2.05) is 6.08 Å². The number of allylic oxidation sites excluding steroid dienone is 4. The van der Waals surface area contributed by atoms with Gasteiger partial charge in [0.05, 0.1) is 0 Å². The van der Waals surface area contributed by atoms with Gasteiger partial charge in [0, 0.05) is 0 Å². The minimum atomic E-state index is 0.419. The normalized spacial score (nSPS) is 14.6. The monoisotopic (exact) mass is 248 g/mol. The van der Waals surface area contributed by atoms with Crippen LogP contribution in [0, 0.1) is 5.41 Å². The Morgan fingerprint density at radius 1 is 0.833 bits per heavy atom. The number of hydrogen-bond donors (Lipinski definition) is 0. The number of hydrogen-bond acceptors (Lipinski definition) is 0. The predicted octanol–water partition coefficient (Wildman–Crippen LogP) is 6.45. The molecule has 0 aromatic heterocycles. The third-order valence-corrected chi connectivity index (χ3v) is 3.80. The molecule has 0 aromatic carbocycles. The van der Waals surface area contributed by atoms with Gasteiger partial charge in [-0.25, -0.2) is 0 Å². The van der Waals surface area contributed by atoms with Gasteiger partial charge in [-0.3, -0.25) is 0 Å². The summed E-state index contributed by atoms with van der Waals surface area (Å²) >= 11 is 0. The Morgan fingerprint density at radius 3 is 2.06 bits per heavy atom. The third-order valence-electron chi connectivity index (χ3n) is 3.80. The molecule has 0 saturated heterocycles. The van der Waals surface area contributed by atoms with E-state index in [1.54, 1.807) is 0 Å². The van der Waals surface area contributed by atoms with Gasteiger partial charge in [0.15, 0.2) is 0 Å². The average Bonchev–Trinajstić information content (AvgIpc) is 2.37. The second-order valence-corrected chi connectivity index (χ2v) is 5.61. The Morgan fingerprint density at radius 2 is 1.50 bits per heavy atom. The molecule has 0 heteroatoms. The molecule has 0 amide bonds. The zero-order valence-electron chi connectivity index (χ0n) is 12.6. The Hall–Kier alpha value is -0.780. The van der Waals surface area contributed by atoms with Crippen molar-refractivity contribution < 1.29 is 0 Å². The third kappa shape index (κ3) is 9.27. The van der Waals surface area contributed by atoms with Gasteiger partial charge >= 0.3 is 0 Å². The maximum absolute atomic E-state index is 3.86. The maximum Gasteiger partial charge on any atom is -0.0260 e. The van der Waals surface area contributed by atoms with Crippen LogP contribution in [-0.4, -0.2) is 0 Å². The highest BCUT2D eigenvalue weighted by Crippen LogP contribution is 2.30. The fourth-order valence-electron chi connectivity index (χ4n) is 2.11. The summed E-state index contributed by atoms with van der Waals surface area (Å²) in [6.45, 7) is 12.2. The molecule has 0 saturated carbocycles. The van der Waals surface area contributed by atoms with Crippen molar-refractivity contribution in [1.82, 2.24) is 0 Å². The van der Waals surface area contributed by atoms with E-state index in [2.05, 4.69) is 45.2 Å². The second-order valence-electron chi connectivity index (χ2n) is 5.61. The molecule has 104 valence electrons. The molecule has 0 fully saturated rings. The molecular formula is C18H32. The molecule has 0 aliphatic heterocycles. The molecule has 0 aromatic rings. The fraction of sp³-hybridized carbons (Fsp3) is 0.667. The lowest BCUT2D eigenvalue weighted by Crippen LogP contribution is -2.12. The summed E-state index contributed by atoms with van der Waals surface area (Å²) in [4.78, 5) is 0. The van der Waals surface area contributed by atoms with E-state index in [1.165, 1.54) is 51.4 Å². The van der Waals surface area contributed by atoms with Crippen LogP contribution in [0.15, 0.2) is 37.5 Å². The minimum Gasteiger partial charge on any atom is -0.103 e. The minimum absolute atomic E-state index is 0.419. The molecule has 0 aliphatic rings. The van der Waals surface area contributed by atoms with E-state index in [-0.39, 0.29) is 0 Å². The van der Waals surface area contributed by atoms with Crippen molar-refractivity contribution >= 4 is 0 Å². The van der Waals surface area contributed by atoms with Crippen molar-refractivity contribution in [2.45, 2.75) is 71.6 Å². The lowest BCUT2D eigenvalue weighted by Gasteiger charge is -2.25. The molecule has 0 radical (unpaired) electrons. The van der Waals surface area contributed by atoms with Crippen LogP contribution in [0.1, 0.15) is 71.6 Å². The van der Waals surface area contributed by atoms with Crippen LogP contribution in [0.5, 0.6) is 0 Å². The number of unbranched alkanes of at least 4 members (excludes halogenated alkanes) is 5.